The number of anilines is 1. The number of rotatable bonds is 10. The van der Waals surface area contributed by atoms with Crippen molar-refractivity contribution in [3.05, 3.63) is 60.2 Å². The Morgan fingerprint density at radius 2 is 1.62 bits per heavy atom. The number of methoxy groups -OCH3 is 3. The Morgan fingerprint density at radius 1 is 0.973 bits per heavy atom. The zero-order valence-corrected chi connectivity index (χ0v) is 21.3. The van der Waals surface area contributed by atoms with Crippen molar-refractivity contribution < 1.29 is 27.7 Å². The first-order chi connectivity index (χ1) is 17.8. The van der Waals surface area contributed by atoms with Gasteiger partial charge >= 0.3 is 0 Å². The maximum Gasteiger partial charge on any atom is 0.243 e. The van der Waals surface area contributed by atoms with Crippen molar-refractivity contribution in [1.82, 2.24) is 29.7 Å². The van der Waals surface area contributed by atoms with Gasteiger partial charge in [-0.2, -0.15) is 0 Å². The third kappa shape index (κ3) is 5.59. The third-order valence-corrected chi connectivity index (χ3v) is 6.51. The molecule has 0 spiro atoms. The molecule has 0 aliphatic carbocycles. The van der Waals surface area contributed by atoms with Crippen LogP contribution in [0.25, 0.3) is 17.2 Å². The third-order valence-electron chi connectivity index (χ3n) is 5.26. The number of aliphatic hydroxyl groups excluding tert-OH is 1. The Morgan fingerprint density at radius 3 is 2.24 bits per heavy atom. The molecule has 0 saturated carbocycles. The first-order valence-electron chi connectivity index (χ1n) is 10.9. The molecule has 14 heteroatoms. The molecule has 1 aromatic carbocycles. The molecule has 0 unspecified atom stereocenters. The maximum atomic E-state index is 13.1. The summed E-state index contributed by atoms with van der Waals surface area (Å²) in [7, 11) is 0.264. The molecule has 4 rings (SSSR count). The van der Waals surface area contributed by atoms with Crippen molar-refractivity contribution in [2.45, 2.75) is 13.0 Å². The van der Waals surface area contributed by atoms with Crippen LogP contribution in [0.5, 0.6) is 17.4 Å². The lowest BCUT2D eigenvalue weighted by Gasteiger charge is -2.18. The van der Waals surface area contributed by atoms with Crippen molar-refractivity contribution in [1.29, 1.82) is 0 Å². The molecule has 3 heterocycles. The molecule has 0 aliphatic rings. The Kier molecular flexibility index (Phi) is 7.50. The molecule has 0 fully saturated rings. The summed E-state index contributed by atoms with van der Waals surface area (Å²) in [5, 5.41) is 18.8. The van der Waals surface area contributed by atoms with Gasteiger partial charge in [0.25, 0.3) is 0 Å². The summed E-state index contributed by atoms with van der Waals surface area (Å²) in [6.07, 6.45) is 1.36. The predicted molar refractivity (Wildman–Crippen MR) is 133 cm³/mol. The van der Waals surface area contributed by atoms with E-state index in [0.717, 1.165) is 0 Å². The molecule has 37 heavy (non-hydrogen) atoms. The Hall–Kier alpha value is -4.30. The molecule has 0 bridgehead atoms. The second-order valence-corrected chi connectivity index (χ2v) is 9.49. The fourth-order valence-corrected chi connectivity index (χ4v) is 4.59. The standard InChI is InChI=1S/C23H25N7O6S/c1-14-24-11-15(12-25-14)17(31)13-37(32,33)29-23-28-27-22(16-7-5-10-20(26-16)36-4)30(23)21-18(34-2)8-6-9-19(21)35-3/h5-12,17,31H,13H2,1-4H3,(H,28,29)/t17-/m1/s1. The number of hydrogen-bond donors (Lipinski definition) is 2. The highest BCUT2D eigenvalue weighted by atomic mass is 32.2. The molecule has 1 atom stereocenters. The molecule has 0 saturated heterocycles. The summed E-state index contributed by atoms with van der Waals surface area (Å²) in [6, 6.07) is 10.1. The summed E-state index contributed by atoms with van der Waals surface area (Å²) < 4.78 is 46.3. The van der Waals surface area contributed by atoms with E-state index in [1.807, 2.05) is 0 Å². The summed E-state index contributed by atoms with van der Waals surface area (Å²) >= 11 is 0. The molecule has 13 nitrogen and oxygen atoms in total. The topological polar surface area (TPSA) is 163 Å². The van der Waals surface area contributed by atoms with Crippen LogP contribution in [0.3, 0.4) is 0 Å². The van der Waals surface area contributed by atoms with Crippen LogP contribution in [0.15, 0.2) is 48.8 Å². The quantitative estimate of drug-likeness (QED) is 0.310. The van der Waals surface area contributed by atoms with Gasteiger partial charge in [-0.3, -0.25) is 9.29 Å². The summed E-state index contributed by atoms with van der Waals surface area (Å²) in [5.74, 6) is 0.879. The lowest BCUT2D eigenvalue weighted by molar-refractivity contribution is 0.201. The van der Waals surface area contributed by atoms with Gasteiger partial charge in [-0.15, -0.1) is 10.2 Å². The van der Waals surface area contributed by atoms with Gasteiger partial charge in [0.05, 0.1) is 33.2 Å². The minimum absolute atomic E-state index is 0.172. The molecular weight excluding hydrogens is 502 g/mol. The Bertz CT molecular complexity index is 1470. The average molecular weight is 528 g/mol. The Balaban J connectivity index is 1.80. The molecule has 2 N–H and O–H groups in total. The monoisotopic (exact) mass is 527 g/mol. The first kappa shape index (κ1) is 25.8. The van der Waals surface area contributed by atoms with E-state index in [1.54, 1.807) is 43.3 Å². The average Bonchev–Trinajstić information content (AvgIpc) is 3.30. The van der Waals surface area contributed by atoms with Crippen LogP contribution < -0.4 is 18.9 Å². The van der Waals surface area contributed by atoms with Crippen molar-refractivity contribution in [3.63, 3.8) is 0 Å². The highest BCUT2D eigenvalue weighted by Gasteiger charge is 2.27. The van der Waals surface area contributed by atoms with Crippen LogP contribution in [0.4, 0.5) is 5.95 Å². The SMILES string of the molecule is COc1cccc(-c2nnc(NS(=O)(=O)C[C@@H](O)c3cnc(C)nc3)n2-c2c(OC)cccc2OC)n1. The van der Waals surface area contributed by atoms with Gasteiger partial charge in [-0.05, 0) is 25.1 Å². The van der Waals surface area contributed by atoms with Crippen molar-refractivity contribution >= 4 is 16.0 Å². The number of pyridine rings is 1. The summed E-state index contributed by atoms with van der Waals surface area (Å²) in [4.78, 5) is 12.4. The largest absolute Gasteiger partial charge is 0.494 e. The van der Waals surface area contributed by atoms with Crippen molar-refractivity contribution in [2.75, 3.05) is 31.8 Å². The summed E-state index contributed by atoms with van der Waals surface area (Å²) in [6.45, 7) is 1.68. The van der Waals surface area contributed by atoms with E-state index in [9.17, 15) is 13.5 Å². The van der Waals surface area contributed by atoms with Gasteiger partial charge in [-0.1, -0.05) is 12.1 Å². The van der Waals surface area contributed by atoms with Gasteiger partial charge in [0.15, 0.2) is 5.82 Å². The number of nitrogens with zero attached hydrogens (tertiary/aromatic N) is 6. The lowest BCUT2D eigenvalue weighted by atomic mass is 10.2. The van der Waals surface area contributed by atoms with E-state index in [1.165, 1.54) is 38.3 Å². The number of ether oxygens (including phenoxy) is 3. The van der Waals surface area contributed by atoms with E-state index in [2.05, 4.69) is 29.9 Å². The first-order valence-corrected chi connectivity index (χ1v) is 12.6. The zero-order valence-electron chi connectivity index (χ0n) is 20.5. The van der Waals surface area contributed by atoms with E-state index in [4.69, 9.17) is 14.2 Å². The van der Waals surface area contributed by atoms with Crippen molar-refractivity contribution in [3.8, 4) is 34.6 Å². The number of aryl methyl sites for hydroxylation is 1. The molecule has 0 amide bonds. The van der Waals surface area contributed by atoms with Gasteiger partial charge in [0.1, 0.15) is 28.7 Å². The molecule has 4 aromatic rings. The van der Waals surface area contributed by atoms with Crippen LogP contribution in [0, 0.1) is 6.92 Å². The van der Waals surface area contributed by atoms with E-state index < -0.39 is 21.9 Å². The molecule has 194 valence electrons. The number of benzene rings is 1. The molecular formula is C23H25N7O6S. The molecule has 3 aromatic heterocycles. The predicted octanol–water partition coefficient (Wildman–Crippen LogP) is 1.93. The minimum atomic E-state index is -4.15. The van der Waals surface area contributed by atoms with E-state index in [-0.39, 0.29) is 17.3 Å². The van der Waals surface area contributed by atoms with Gasteiger partial charge in [-0.25, -0.2) is 23.4 Å². The zero-order chi connectivity index (χ0) is 26.6. The van der Waals surface area contributed by atoms with Crippen LogP contribution in [-0.4, -0.2) is 70.3 Å². The minimum Gasteiger partial charge on any atom is -0.494 e. The fraction of sp³-hybridized carbons (Fsp3) is 0.261. The van der Waals surface area contributed by atoms with E-state index >= 15 is 0 Å². The second kappa shape index (κ2) is 10.8. The normalized spacial score (nSPS) is 12.1. The van der Waals surface area contributed by atoms with Gasteiger partial charge in [0.2, 0.25) is 21.9 Å². The number of nitrogens with one attached hydrogen (secondary N) is 1. The maximum absolute atomic E-state index is 13.1. The lowest BCUT2D eigenvalue weighted by Crippen LogP contribution is -2.24. The number of aromatic nitrogens is 6. The Labute approximate surface area is 213 Å². The fourth-order valence-electron chi connectivity index (χ4n) is 3.49. The van der Waals surface area contributed by atoms with Gasteiger partial charge in [0, 0.05) is 24.0 Å². The van der Waals surface area contributed by atoms with Gasteiger partial charge < -0.3 is 19.3 Å². The van der Waals surface area contributed by atoms with E-state index in [0.29, 0.717) is 34.6 Å². The highest BCUT2D eigenvalue weighted by Crippen LogP contribution is 2.37. The van der Waals surface area contributed by atoms with Crippen LogP contribution in [-0.2, 0) is 10.0 Å². The number of hydrogen-bond acceptors (Lipinski definition) is 11. The molecule has 0 radical (unpaired) electrons. The number of sulfonamides is 1. The van der Waals surface area contributed by atoms with Crippen LogP contribution in [0.1, 0.15) is 17.5 Å². The second-order valence-electron chi connectivity index (χ2n) is 7.72. The number of aliphatic hydroxyl groups is 1. The number of para-hydroxylation sites is 1. The van der Waals surface area contributed by atoms with Crippen LogP contribution in [0.2, 0.25) is 0 Å². The smallest absolute Gasteiger partial charge is 0.243 e. The highest BCUT2D eigenvalue weighted by molar-refractivity contribution is 7.92. The molecule has 0 aliphatic heterocycles. The summed E-state index contributed by atoms with van der Waals surface area (Å²) in [5.41, 5.74) is 0.939. The van der Waals surface area contributed by atoms with Crippen molar-refractivity contribution in [2.24, 2.45) is 0 Å². The van der Waals surface area contributed by atoms with Crippen LogP contribution >= 0.6 is 0 Å².